The van der Waals surface area contributed by atoms with E-state index in [2.05, 4.69) is 10.5 Å². The Morgan fingerprint density at radius 2 is 2.00 bits per heavy atom. The van der Waals surface area contributed by atoms with Crippen molar-refractivity contribution in [3.05, 3.63) is 40.8 Å². The Bertz CT molecular complexity index is 476. The molecule has 1 aromatic carbocycles. The lowest BCUT2D eigenvalue weighted by molar-refractivity contribution is -0.145. The lowest BCUT2D eigenvalue weighted by Crippen LogP contribution is -2.36. The standard InChI is InChI=1S/C16H22N2O4/c1-2-3-11-17-14(16(20)18-21)9-10-15(19)22-12-13-7-5-4-6-8-13/h4-8,14,17H,2-3,9-12H2,1H3. The van der Waals surface area contributed by atoms with E-state index >= 15 is 0 Å². The summed E-state index contributed by atoms with van der Waals surface area (Å²) in [6.45, 7) is 2.84. The first-order chi connectivity index (χ1) is 10.7. The van der Waals surface area contributed by atoms with Gasteiger partial charge in [0.15, 0.2) is 0 Å². The molecule has 0 aliphatic heterocycles. The number of carbonyl (C=O) groups is 2. The van der Waals surface area contributed by atoms with Crippen LogP contribution < -0.4 is 5.32 Å². The highest BCUT2D eigenvalue weighted by atomic mass is 16.5. The van der Waals surface area contributed by atoms with Crippen molar-refractivity contribution in [3.8, 4) is 0 Å². The van der Waals surface area contributed by atoms with E-state index in [1.807, 2.05) is 37.3 Å². The van der Waals surface area contributed by atoms with E-state index in [-0.39, 0.29) is 19.4 Å². The van der Waals surface area contributed by atoms with Crippen LogP contribution in [0.4, 0.5) is 0 Å². The van der Waals surface area contributed by atoms with Gasteiger partial charge in [0.05, 0.1) is 6.04 Å². The Hall–Kier alpha value is -2.08. The van der Waals surface area contributed by atoms with E-state index < -0.39 is 17.9 Å². The third-order valence-corrected chi connectivity index (χ3v) is 3.19. The molecular weight excluding hydrogens is 284 g/mol. The van der Waals surface area contributed by atoms with Crippen LogP contribution in [0.1, 0.15) is 38.2 Å². The summed E-state index contributed by atoms with van der Waals surface area (Å²) in [6, 6.07) is 8.63. The summed E-state index contributed by atoms with van der Waals surface area (Å²) in [5.74, 6) is -1.17. The van der Waals surface area contributed by atoms with Crippen molar-refractivity contribution in [2.24, 2.45) is 5.18 Å². The number of benzene rings is 1. The van der Waals surface area contributed by atoms with Crippen molar-refractivity contribution in [2.75, 3.05) is 6.54 Å². The van der Waals surface area contributed by atoms with Gasteiger partial charge in [0.1, 0.15) is 6.61 Å². The van der Waals surface area contributed by atoms with Crippen LogP contribution in [-0.4, -0.2) is 24.5 Å². The zero-order chi connectivity index (χ0) is 16.2. The molecule has 120 valence electrons. The molecule has 0 radical (unpaired) electrons. The molecule has 0 saturated carbocycles. The third kappa shape index (κ3) is 7.08. The van der Waals surface area contributed by atoms with Crippen molar-refractivity contribution in [1.82, 2.24) is 5.32 Å². The molecule has 0 spiro atoms. The fraction of sp³-hybridized carbons (Fsp3) is 0.500. The first kappa shape index (κ1) is 18.0. The number of carbonyl (C=O) groups excluding carboxylic acids is 2. The lowest BCUT2D eigenvalue weighted by atomic mass is 10.1. The van der Waals surface area contributed by atoms with Crippen LogP contribution in [0.25, 0.3) is 0 Å². The number of nitrogens with one attached hydrogen (secondary N) is 1. The molecule has 6 nitrogen and oxygen atoms in total. The molecule has 1 atom stereocenters. The first-order valence-electron chi connectivity index (χ1n) is 7.47. The van der Waals surface area contributed by atoms with Crippen LogP contribution in [0.2, 0.25) is 0 Å². The number of unbranched alkanes of at least 4 members (excludes halogenated alkanes) is 1. The Morgan fingerprint density at radius 3 is 2.64 bits per heavy atom. The minimum atomic E-state index is -0.771. The molecule has 1 unspecified atom stereocenters. The second-order valence-corrected chi connectivity index (χ2v) is 4.97. The van der Waals surface area contributed by atoms with Gasteiger partial charge in [-0.15, -0.1) is 4.91 Å². The van der Waals surface area contributed by atoms with E-state index in [0.29, 0.717) is 6.54 Å². The van der Waals surface area contributed by atoms with E-state index in [1.54, 1.807) is 0 Å². The highest BCUT2D eigenvalue weighted by Gasteiger charge is 2.20. The average molecular weight is 306 g/mol. The van der Waals surface area contributed by atoms with Gasteiger partial charge in [0.25, 0.3) is 0 Å². The predicted molar refractivity (Wildman–Crippen MR) is 83.0 cm³/mol. The Labute approximate surface area is 130 Å². The van der Waals surface area contributed by atoms with E-state index in [0.717, 1.165) is 18.4 Å². The second kappa shape index (κ2) is 10.6. The van der Waals surface area contributed by atoms with Crippen LogP contribution in [-0.2, 0) is 20.9 Å². The minimum absolute atomic E-state index is 0.0673. The van der Waals surface area contributed by atoms with Crippen molar-refractivity contribution in [2.45, 2.75) is 45.3 Å². The van der Waals surface area contributed by atoms with Crippen LogP contribution in [0.15, 0.2) is 35.5 Å². The second-order valence-electron chi connectivity index (χ2n) is 4.97. The number of hydrogen-bond acceptors (Lipinski definition) is 5. The van der Waals surface area contributed by atoms with Gasteiger partial charge in [0.2, 0.25) is 0 Å². The number of hydrogen-bond donors (Lipinski definition) is 1. The summed E-state index contributed by atoms with van der Waals surface area (Å²) in [6.07, 6.45) is 2.14. The SMILES string of the molecule is CCCCNC(CCC(=O)OCc1ccccc1)C(=O)N=O. The number of rotatable bonds is 10. The molecule has 0 heterocycles. The maximum Gasteiger partial charge on any atom is 0.306 e. The van der Waals surface area contributed by atoms with Crippen LogP contribution in [0, 0.1) is 4.91 Å². The van der Waals surface area contributed by atoms with Gasteiger partial charge in [0, 0.05) is 11.6 Å². The molecule has 1 amide bonds. The normalized spacial score (nSPS) is 11.7. The first-order valence-corrected chi connectivity index (χ1v) is 7.47. The minimum Gasteiger partial charge on any atom is -0.461 e. The molecule has 0 fully saturated rings. The monoisotopic (exact) mass is 306 g/mol. The Kier molecular flexibility index (Phi) is 8.67. The van der Waals surface area contributed by atoms with E-state index in [4.69, 9.17) is 4.74 Å². The highest BCUT2D eigenvalue weighted by molar-refractivity contribution is 5.83. The Balaban J connectivity index is 2.34. The number of nitroso groups, excluding NO2 is 1. The third-order valence-electron chi connectivity index (χ3n) is 3.19. The summed E-state index contributed by atoms with van der Waals surface area (Å²) in [5, 5.41) is 5.38. The molecule has 6 heteroatoms. The zero-order valence-electron chi connectivity index (χ0n) is 12.8. The summed E-state index contributed by atoms with van der Waals surface area (Å²) >= 11 is 0. The molecule has 0 bridgehead atoms. The van der Waals surface area contributed by atoms with Crippen LogP contribution in [0.3, 0.4) is 0 Å². The van der Waals surface area contributed by atoms with Gasteiger partial charge in [-0.2, -0.15) is 0 Å². The summed E-state index contributed by atoms with van der Waals surface area (Å²) in [5.41, 5.74) is 0.902. The van der Waals surface area contributed by atoms with Gasteiger partial charge in [-0.25, -0.2) is 0 Å². The predicted octanol–water partition coefficient (Wildman–Crippen LogP) is 2.56. The molecular formula is C16H22N2O4. The smallest absolute Gasteiger partial charge is 0.306 e. The van der Waals surface area contributed by atoms with Crippen LogP contribution >= 0.6 is 0 Å². The summed E-state index contributed by atoms with van der Waals surface area (Å²) < 4.78 is 5.13. The van der Waals surface area contributed by atoms with Crippen molar-refractivity contribution in [1.29, 1.82) is 0 Å². The van der Waals surface area contributed by atoms with Gasteiger partial charge < -0.3 is 10.1 Å². The fourth-order valence-electron chi connectivity index (χ4n) is 1.90. The average Bonchev–Trinajstić information content (AvgIpc) is 2.56. The number of nitrogens with zero attached hydrogens (tertiary/aromatic N) is 1. The quantitative estimate of drug-likeness (QED) is 0.408. The molecule has 0 aromatic heterocycles. The molecule has 22 heavy (non-hydrogen) atoms. The molecule has 1 rings (SSSR count). The maximum atomic E-state index is 11.7. The largest absolute Gasteiger partial charge is 0.461 e. The number of amides is 1. The van der Waals surface area contributed by atoms with Crippen molar-refractivity contribution < 1.29 is 14.3 Å². The highest BCUT2D eigenvalue weighted by Crippen LogP contribution is 2.05. The molecule has 1 N–H and O–H groups in total. The zero-order valence-corrected chi connectivity index (χ0v) is 12.8. The molecule has 0 aliphatic carbocycles. The topological polar surface area (TPSA) is 84.8 Å². The van der Waals surface area contributed by atoms with Gasteiger partial charge in [-0.1, -0.05) is 43.7 Å². The molecule has 1 aromatic rings. The maximum absolute atomic E-state index is 11.7. The summed E-state index contributed by atoms with van der Waals surface area (Å²) in [7, 11) is 0. The number of esters is 1. The van der Waals surface area contributed by atoms with Crippen LogP contribution in [0.5, 0.6) is 0 Å². The van der Waals surface area contributed by atoms with E-state index in [1.165, 1.54) is 0 Å². The molecule has 0 saturated heterocycles. The van der Waals surface area contributed by atoms with Crippen molar-refractivity contribution >= 4 is 11.9 Å². The lowest BCUT2D eigenvalue weighted by Gasteiger charge is -2.13. The number of ether oxygens (including phenoxy) is 1. The fourth-order valence-corrected chi connectivity index (χ4v) is 1.90. The van der Waals surface area contributed by atoms with Gasteiger partial charge in [-0.05, 0) is 24.9 Å². The molecule has 0 aliphatic rings. The van der Waals surface area contributed by atoms with E-state index in [9.17, 15) is 14.5 Å². The Morgan fingerprint density at radius 1 is 1.27 bits per heavy atom. The summed E-state index contributed by atoms with van der Waals surface area (Å²) in [4.78, 5) is 33.5. The van der Waals surface area contributed by atoms with Gasteiger partial charge >= 0.3 is 11.9 Å². The van der Waals surface area contributed by atoms with Crippen molar-refractivity contribution in [3.63, 3.8) is 0 Å². The van der Waals surface area contributed by atoms with Gasteiger partial charge in [-0.3, -0.25) is 9.59 Å².